The van der Waals surface area contributed by atoms with Crippen molar-refractivity contribution in [2.75, 3.05) is 26.9 Å². The Kier molecular flexibility index (Phi) is 3.96. The fourth-order valence-corrected chi connectivity index (χ4v) is 1.93. The predicted molar refractivity (Wildman–Crippen MR) is 64.1 cm³/mol. The van der Waals surface area contributed by atoms with Crippen LogP contribution in [0.15, 0.2) is 18.5 Å². The van der Waals surface area contributed by atoms with Crippen molar-refractivity contribution in [3.63, 3.8) is 0 Å². The van der Waals surface area contributed by atoms with Crippen molar-refractivity contribution in [1.82, 2.24) is 9.88 Å². The number of aromatic nitrogens is 1. The Hall–Kier alpha value is -2.15. The Morgan fingerprint density at radius 1 is 1.58 bits per heavy atom. The van der Waals surface area contributed by atoms with Gasteiger partial charge in [0, 0.05) is 12.7 Å². The molecule has 1 aromatic rings. The van der Waals surface area contributed by atoms with E-state index in [0.29, 0.717) is 17.9 Å². The van der Waals surface area contributed by atoms with E-state index >= 15 is 0 Å². The van der Waals surface area contributed by atoms with E-state index in [0.717, 1.165) is 0 Å². The summed E-state index contributed by atoms with van der Waals surface area (Å²) in [5.74, 6) is -1.15. The van der Waals surface area contributed by atoms with Gasteiger partial charge in [-0.15, -0.1) is 0 Å². The Balaban J connectivity index is 2.29. The van der Waals surface area contributed by atoms with Crippen molar-refractivity contribution in [1.29, 1.82) is 0 Å². The van der Waals surface area contributed by atoms with Gasteiger partial charge in [0.2, 0.25) is 0 Å². The van der Waals surface area contributed by atoms with Crippen molar-refractivity contribution < 1.29 is 24.2 Å². The summed E-state index contributed by atoms with van der Waals surface area (Å²) in [4.78, 5) is 28.7. The maximum atomic E-state index is 12.4. The lowest BCUT2D eigenvalue weighted by atomic mass is 10.1. The van der Waals surface area contributed by atoms with Crippen molar-refractivity contribution in [2.24, 2.45) is 0 Å². The molecule has 1 amide bonds. The molecular formula is C12H14N2O5. The number of ether oxygens (including phenoxy) is 2. The lowest BCUT2D eigenvalue weighted by molar-refractivity contribution is -0.147. The summed E-state index contributed by atoms with van der Waals surface area (Å²) in [6.07, 6.45) is 2.88. The largest absolute Gasteiger partial charge is 0.494 e. The Morgan fingerprint density at radius 3 is 3.05 bits per heavy atom. The maximum Gasteiger partial charge on any atom is 0.328 e. The van der Waals surface area contributed by atoms with E-state index in [1.54, 1.807) is 0 Å². The van der Waals surface area contributed by atoms with E-state index in [-0.39, 0.29) is 13.2 Å². The molecule has 102 valence electrons. The number of carbonyl (C=O) groups is 2. The SMILES string of the molecule is COc1cnccc1C(=O)N1CCOCC1C(=O)O. The van der Waals surface area contributed by atoms with Crippen LogP contribution in [-0.2, 0) is 9.53 Å². The number of pyridine rings is 1. The monoisotopic (exact) mass is 266 g/mol. The molecule has 0 aliphatic carbocycles. The first kappa shape index (κ1) is 13.3. The summed E-state index contributed by atoms with van der Waals surface area (Å²) < 4.78 is 10.2. The number of hydrogen-bond donors (Lipinski definition) is 1. The summed E-state index contributed by atoms with van der Waals surface area (Å²) in [6, 6.07) is 0.536. The number of amides is 1. The molecule has 19 heavy (non-hydrogen) atoms. The number of methoxy groups -OCH3 is 1. The summed E-state index contributed by atoms with van der Waals surface area (Å²) >= 11 is 0. The summed E-state index contributed by atoms with van der Waals surface area (Å²) in [5.41, 5.74) is 0.297. The highest BCUT2D eigenvalue weighted by molar-refractivity contribution is 5.98. The van der Waals surface area contributed by atoms with Gasteiger partial charge in [0.05, 0.1) is 32.1 Å². The van der Waals surface area contributed by atoms with Crippen molar-refractivity contribution in [2.45, 2.75) is 6.04 Å². The molecule has 7 nitrogen and oxygen atoms in total. The minimum atomic E-state index is -1.08. The second-order valence-electron chi connectivity index (χ2n) is 4.00. The first-order valence-corrected chi connectivity index (χ1v) is 5.74. The van der Waals surface area contributed by atoms with Gasteiger partial charge in [-0.1, -0.05) is 0 Å². The highest BCUT2D eigenvalue weighted by Crippen LogP contribution is 2.20. The molecule has 0 spiro atoms. The smallest absolute Gasteiger partial charge is 0.328 e. The van der Waals surface area contributed by atoms with Gasteiger partial charge in [-0.05, 0) is 6.07 Å². The van der Waals surface area contributed by atoms with E-state index in [9.17, 15) is 9.59 Å². The summed E-state index contributed by atoms with van der Waals surface area (Å²) in [7, 11) is 1.43. The number of aliphatic carboxylic acids is 1. The molecule has 0 saturated carbocycles. The lowest BCUT2D eigenvalue weighted by Gasteiger charge is -2.33. The van der Waals surface area contributed by atoms with Crippen LogP contribution in [0.25, 0.3) is 0 Å². The molecule has 2 rings (SSSR count). The highest BCUT2D eigenvalue weighted by atomic mass is 16.5. The van der Waals surface area contributed by atoms with Gasteiger partial charge in [-0.2, -0.15) is 0 Å². The normalized spacial score (nSPS) is 19.0. The lowest BCUT2D eigenvalue weighted by Crippen LogP contribution is -2.52. The van der Waals surface area contributed by atoms with Crippen LogP contribution in [0.3, 0.4) is 0 Å². The number of hydrogen-bond acceptors (Lipinski definition) is 5. The second kappa shape index (κ2) is 5.66. The van der Waals surface area contributed by atoms with Crippen molar-refractivity contribution in [3.05, 3.63) is 24.0 Å². The quantitative estimate of drug-likeness (QED) is 0.829. The molecule has 0 radical (unpaired) electrons. The number of carbonyl (C=O) groups excluding carboxylic acids is 1. The van der Waals surface area contributed by atoms with Gasteiger partial charge in [-0.25, -0.2) is 4.79 Å². The van der Waals surface area contributed by atoms with Crippen LogP contribution < -0.4 is 4.74 Å². The van der Waals surface area contributed by atoms with E-state index in [4.69, 9.17) is 14.6 Å². The van der Waals surface area contributed by atoms with Gasteiger partial charge in [0.15, 0.2) is 6.04 Å². The fraction of sp³-hybridized carbons (Fsp3) is 0.417. The molecular weight excluding hydrogens is 252 g/mol. The molecule has 1 aromatic heterocycles. The van der Waals surface area contributed by atoms with Crippen LogP contribution in [0.5, 0.6) is 5.75 Å². The molecule has 0 aromatic carbocycles. The topological polar surface area (TPSA) is 89.0 Å². The Morgan fingerprint density at radius 2 is 2.37 bits per heavy atom. The van der Waals surface area contributed by atoms with Crippen LogP contribution in [0.2, 0.25) is 0 Å². The molecule has 1 fully saturated rings. The zero-order chi connectivity index (χ0) is 13.8. The molecule has 1 aliphatic rings. The average molecular weight is 266 g/mol. The van der Waals surface area contributed by atoms with Gasteiger partial charge in [0.1, 0.15) is 5.75 Å². The van der Waals surface area contributed by atoms with Crippen LogP contribution >= 0.6 is 0 Å². The van der Waals surface area contributed by atoms with Gasteiger partial charge in [0.25, 0.3) is 5.91 Å². The number of carboxylic acids is 1. The first-order chi connectivity index (χ1) is 9.15. The first-order valence-electron chi connectivity index (χ1n) is 5.74. The zero-order valence-corrected chi connectivity index (χ0v) is 10.4. The second-order valence-corrected chi connectivity index (χ2v) is 4.00. The fourth-order valence-electron chi connectivity index (χ4n) is 1.93. The maximum absolute atomic E-state index is 12.4. The average Bonchev–Trinajstić information content (AvgIpc) is 2.46. The third-order valence-electron chi connectivity index (χ3n) is 2.91. The number of morpholine rings is 1. The number of rotatable bonds is 3. The van der Waals surface area contributed by atoms with E-state index in [1.165, 1.54) is 30.5 Å². The molecule has 7 heteroatoms. The number of nitrogens with zero attached hydrogens (tertiary/aromatic N) is 2. The minimum absolute atomic E-state index is 0.00548. The number of carboxylic acid groups (broad SMARTS) is 1. The zero-order valence-electron chi connectivity index (χ0n) is 10.4. The molecule has 1 atom stereocenters. The molecule has 1 aliphatic heterocycles. The van der Waals surface area contributed by atoms with E-state index in [2.05, 4.69) is 4.98 Å². The third-order valence-corrected chi connectivity index (χ3v) is 2.91. The van der Waals surface area contributed by atoms with E-state index in [1.807, 2.05) is 0 Å². The molecule has 0 bridgehead atoms. The summed E-state index contributed by atoms with van der Waals surface area (Å²) in [5, 5.41) is 9.11. The van der Waals surface area contributed by atoms with Crippen molar-refractivity contribution >= 4 is 11.9 Å². The third kappa shape index (κ3) is 2.65. The van der Waals surface area contributed by atoms with E-state index < -0.39 is 17.9 Å². The van der Waals surface area contributed by atoms with Crippen LogP contribution in [0, 0.1) is 0 Å². The predicted octanol–water partition coefficient (Wildman–Crippen LogP) is 0.0158. The Labute approximate surface area is 109 Å². The minimum Gasteiger partial charge on any atom is -0.494 e. The van der Waals surface area contributed by atoms with Crippen LogP contribution in [0.1, 0.15) is 10.4 Å². The Bertz CT molecular complexity index is 491. The molecule has 2 heterocycles. The van der Waals surface area contributed by atoms with Gasteiger partial charge < -0.3 is 19.5 Å². The van der Waals surface area contributed by atoms with Gasteiger partial charge in [-0.3, -0.25) is 9.78 Å². The molecule has 1 unspecified atom stereocenters. The van der Waals surface area contributed by atoms with Crippen LogP contribution in [-0.4, -0.2) is 59.8 Å². The molecule has 1 saturated heterocycles. The van der Waals surface area contributed by atoms with Crippen molar-refractivity contribution in [3.8, 4) is 5.75 Å². The highest BCUT2D eigenvalue weighted by Gasteiger charge is 2.34. The standard InChI is InChI=1S/C12H14N2O5/c1-18-10-6-13-3-2-8(10)11(15)14-4-5-19-7-9(14)12(16)17/h2-3,6,9H,4-5,7H2,1H3,(H,16,17). The summed E-state index contributed by atoms with van der Waals surface area (Å²) in [6.45, 7) is 0.554. The molecule has 1 N–H and O–H groups in total. The van der Waals surface area contributed by atoms with Gasteiger partial charge >= 0.3 is 5.97 Å². The van der Waals surface area contributed by atoms with Crippen LogP contribution in [0.4, 0.5) is 0 Å².